The number of benzene rings is 1. The maximum absolute atomic E-state index is 11.6. The van der Waals surface area contributed by atoms with Gasteiger partial charge in [-0.05, 0) is 18.1 Å². The molecule has 4 heteroatoms. The van der Waals surface area contributed by atoms with Gasteiger partial charge in [-0.2, -0.15) is 0 Å². The second kappa shape index (κ2) is 4.63. The fraction of sp³-hybridized carbons (Fsp3) is 0.417. The van der Waals surface area contributed by atoms with Crippen LogP contribution in [-0.2, 0) is 11.2 Å². The Labute approximate surface area is 94.1 Å². The molecule has 0 aliphatic carbocycles. The van der Waals surface area contributed by atoms with Gasteiger partial charge in [0.05, 0.1) is 19.1 Å². The van der Waals surface area contributed by atoms with Gasteiger partial charge in [-0.1, -0.05) is 18.2 Å². The van der Waals surface area contributed by atoms with E-state index in [1.807, 2.05) is 24.3 Å². The van der Waals surface area contributed by atoms with Crippen LogP contribution in [0.2, 0.25) is 0 Å². The predicted octanol–water partition coefficient (Wildman–Crippen LogP) is 0.319. The van der Waals surface area contributed by atoms with E-state index in [-0.39, 0.29) is 18.9 Å². The average Bonchev–Trinajstić information content (AvgIpc) is 2.59. The van der Waals surface area contributed by atoms with Crippen LogP contribution in [0.4, 0.5) is 5.69 Å². The Balaban J connectivity index is 2.29. The van der Waals surface area contributed by atoms with Crippen molar-refractivity contribution < 1.29 is 15.0 Å². The van der Waals surface area contributed by atoms with E-state index in [0.717, 1.165) is 11.3 Å². The van der Waals surface area contributed by atoms with Crippen LogP contribution < -0.4 is 4.90 Å². The zero-order valence-electron chi connectivity index (χ0n) is 8.97. The Morgan fingerprint density at radius 3 is 2.75 bits per heavy atom. The van der Waals surface area contributed by atoms with Gasteiger partial charge in [0.25, 0.3) is 0 Å². The lowest BCUT2D eigenvalue weighted by Crippen LogP contribution is -2.26. The molecule has 0 saturated carbocycles. The molecule has 1 atom stereocenters. The van der Waals surface area contributed by atoms with Crippen LogP contribution in [0.5, 0.6) is 0 Å². The maximum Gasteiger partial charge on any atom is 0.229 e. The third-order valence-corrected chi connectivity index (χ3v) is 2.77. The molecule has 1 fully saturated rings. The van der Waals surface area contributed by atoms with Gasteiger partial charge in [-0.15, -0.1) is 0 Å². The Bertz CT molecular complexity index is 392. The first-order chi connectivity index (χ1) is 7.72. The summed E-state index contributed by atoms with van der Waals surface area (Å²) >= 11 is 0. The molecule has 1 saturated heterocycles. The summed E-state index contributed by atoms with van der Waals surface area (Å²) in [6.07, 6.45) is 0.137. The van der Waals surface area contributed by atoms with E-state index in [1.54, 1.807) is 4.90 Å². The summed E-state index contributed by atoms with van der Waals surface area (Å²) in [6.45, 7) is 0.406. The number of anilines is 1. The van der Waals surface area contributed by atoms with Gasteiger partial charge in [0.1, 0.15) is 0 Å². The lowest BCUT2D eigenvalue weighted by Gasteiger charge is -2.19. The van der Waals surface area contributed by atoms with Gasteiger partial charge in [-0.25, -0.2) is 0 Å². The number of carbonyl (C=O) groups excluding carboxylic acids is 1. The zero-order chi connectivity index (χ0) is 11.5. The summed E-state index contributed by atoms with van der Waals surface area (Å²) < 4.78 is 0. The highest BCUT2D eigenvalue weighted by Crippen LogP contribution is 2.25. The minimum absolute atomic E-state index is 0.0571. The van der Waals surface area contributed by atoms with Crippen molar-refractivity contribution in [3.8, 4) is 0 Å². The zero-order valence-corrected chi connectivity index (χ0v) is 8.97. The molecule has 2 N–H and O–H groups in total. The molecular weight excluding hydrogens is 206 g/mol. The lowest BCUT2D eigenvalue weighted by atomic mass is 10.1. The molecular formula is C12H15NO3. The number of rotatable bonds is 3. The van der Waals surface area contributed by atoms with Crippen molar-refractivity contribution in [1.29, 1.82) is 0 Å². The molecule has 1 unspecified atom stereocenters. The molecule has 0 radical (unpaired) electrons. The molecule has 0 aromatic heterocycles. The number of nitrogens with zero attached hydrogens (tertiary/aromatic N) is 1. The van der Waals surface area contributed by atoms with E-state index in [9.17, 15) is 9.90 Å². The molecule has 86 valence electrons. The van der Waals surface area contributed by atoms with Crippen molar-refractivity contribution in [3.63, 3.8) is 0 Å². The summed E-state index contributed by atoms with van der Waals surface area (Å²) in [5.41, 5.74) is 1.74. The quantitative estimate of drug-likeness (QED) is 0.772. The topological polar surface area (TPSA) is 60.8 Å². The van der Waals surface area contributed by atoms with Crippen LogP contribution in [0.25, 0.3) is 0 Å². The van der Waals surface area contributed by atoms with E-state index in [2.05, 4.69) is 0 Å². The molecule has 1 aliphatic heterocycles. The number of para-hydroxylation sites is 1. The largest absolute Gasteiger partial charge is 0.396 e. The van der Waals surface area contributed by atoms with Gasteiger partial charge >= 0.3 is 0 Å². The van der Waals surface area contributed by atoms with E-state index < -0.39 is 6.10 Å². The smallest absolute Gasteiger partial charge is 0.229 e. The number of amides is 1. The van der Waals surface area contributed by atoms with Crippen LogP contribution in [0.1, 0.15) is 12.0 Å². The fourth-order valence-corrected chi connectivity index (χ4v) is 2.03. The number of carbonyl (C=O) groups is 1. The monoisotopic (exact) mass is 221 g/mol. The maximum atomic E-state index is 11.6. The van der Waals surface area contributed by atoms with Crippen LogP contribution >= 0.6 is 0 Å². The third-order valence-electron chi connectivity index (χ3n) is 2.77. The van der Waals surface area contributed by atoms with Crippen molar-refractivity contribution in [2.75, 3.05) is 18.1 Å². The molecule has 1 aliphatic rings. The first kappa shape index (κ1) is 11.1. The Morgan fingerprint density at radius 2 is 2.12 bits per heavy atom. The first-order valence-electron chi connectivity index (χ1n) is 5.39. The van der Waals surface area contributed by atoms with Crippen molar-refractivity contribution in [1.82, 2.24) is 0 Å². The number of hydrogen-bond acceptors (Lipinski definition) is 3. The van der Waals surface area contributed by atoms with Gasteiger partial charge < -0.3 is 15.1 Å². The lowest BCUT2D eigenvalue weighted by molar-refractivity contribution is -0.117. The SMILES string of the molecule is O=C1CC(O)CN1c1ccccc1CCO. The minimum atomic E-state index is -0.574. The van der Waals surface area contributed by atoms with Crippen molar-refractivity contribution in [2.24, 2.45) is 0 Å². The summed E-state index contributed by atoms with van der Waals surface area (Å²) in [5, 5.41) is 18.4. The minimum Gasteiger partial charge on any atom is -0.396 e. The molecule has 0 spiro atoms. The van der Waals surface area contributed by atoms with Gasteiger partial charge in [0.15, 0.2) is 0 Å². The summed E-state index contributed by atoms with van der Waals surface area (Å²) in [5.74, 6) is -0.0575. The van der Waals surface area contributed by atoms with Crippen LogP contribution in [0, 0.1) is 0 Å². The number of aliphatic hydroxyl groups is 2. The highest BCUT2D eigenvalue weighted by molar-refractivity contribution is 5.96. The number of aliphatic hydroxyl groups excluding tert-OH is 2. The summed E-state index contributed by atoms with van der Waals surface area (Å²) in [7, 11) is 0. The fourth-order valence-electron chi connectivity index (χ4n) is 2.03. The van der Waals surface area contributed by atoms with Gasteiger partial charge in [-0.3, -0.25) is 4.79 Å². The second-order valence-corrected chi connectivity index (χ2v) is 3.96. The van der Waals surface area contributed by atoms with Crippen LogP contribution in [0.3, 0.4) is 0 Å². The summed E-state index contributed by atoms with van der Waals surface area (Å²) in [6, 6.07) is 7.48. The predicted molar refractivity (Wildman–Crippen MR) is 60.2 cm³/mol. The molecule has 1 aromatic rings. The number of β-amino-alcohol motifs (C(OH)–C–C–N with tert-alkyl or cyclic N) is 1. The standard InChI is InChI=1S/C12H15NO3/c14-6-5-9-3-1-2-4-11(9)13-8-10(15)7-12(13)16/h1-4,10,14-15H,5-8H2. The normalized spacial score (nSPS) is 20.5. The number of hydrogen-bond donors (Lipinski definition) is 2. The van der Waals surface area contributed by atoms with Gasteiger partial charge in [0.2, 0.25) is 5.91 Å². The van der Waals surface area contributed by atoms with E-state index in [0.29, 0.717) is 13.0 Å². The molecule has 0 bridgehead atoms. The highest BCUT2D eigenvalue weighted by atomic mass is 16.3. The van der Waals surface area contributed by atoms with Crippen molar-refractivity contribution in [2.45, 2.75) is 18.9 Å². The van der Waals surface area contributed by atoms with Gasteiger partial charge in [0, 0.05) is 12.3 Å². The third kappa shape index (κ3) is 2.08. The Kier molecular flexibility index (Phi) is 3.22. The molecule has 16 heavy (non-hydrogen) atoms. The van der Waals surface area contributed by atoms with Crippen molar-refractivity contribution >= 4 is 11.6 Å². The van der Waals surface area contributed by atoms with Crippen LogP contribution in [-0.4, -0.2) is 35.4 Å². The van der Waals surface area contributed by atoms with E-state index >= 15 is 0 Å². The molecule has 1 aromatic carbocycles. The Hall–Kier alpha value is -1.39. The summed E-state index contributed by atoms with van der Waals surface area (Å²) in [4.78, 5) is 13.2. The molecule has 2 rings (SSSR count). The Morgan fingerprint density at radius 1 is 1.38 bits per heavy atom. The molecule has 1 heterocycles. The van der Waals surface area contributed by atoms with E-state index in [4.69, 9.17) is 5.11 Å². The average molecular weight is 221 g/mol. The second-order valence-electron chi connectivity index (χ2n) is 3.96. The van der Waals surface area contributed by atoms with Crippen LogP contribution in [0.15, 0.2) is 24.3 Å². The first-order valence-corrected chi connectivity index (χ1v) is 5.39. The molecule has 1 amide bonds. The van der Waals surface area contributed by atoms with Crippen molar-refractivity contribution in [3.05, 3.63) is 29.8 Å². The highest BCUT2D eigenvalue weighted by Gasteiger charge is 2.29. The van der Waals surface area contributed by atoms with E-state index in [1.165, 1.54) is 0 Å². The molecule has 4 nitrogen and oxygen atoms in total.